The maximum Gasteiger partial charge on any atom is 0.123 e. The Labute approximate surface area is 175 Å². The Kier molecular flexibility index (Phi) is 6.04. The Hall–Kier alpha value is -2.54. The summed E-state index contributed by atoms with van der Waals surface area (Å²) in [6.45, 7) is 4.48. The highest BCUT2D eigenvalue weighted by molar-refractivity contribution is 5.54. The zero-order valence-electron chi connectivity index (χ0n) is 17.6. The molecular weight excluding hydrogens is 352 g/mol. The summed E-state index contributed by atoms with van der Waals surface area (Å²) >= 11 is 0. The molecule has 150 valence electrons. The van der Waals surface area contributed by atoms with E-state index in [-0.39, 0.29) is 11.8 Å². The highest BCUT2D eigenvalue weighted by Gasteiger charge is 2.27. The van der Waals surface area contributed by atoms with Gasteiger partial charge in [0.2, 0.25) is 0 Å². The Morgan fingerprint density at radius 2 is 1.14 bits per heavy atom. The van der Waals surface area contributed by atoms with Crippen molar-refractivity contribution in [1.29, 1.82) is 0 Å². The quantitative estimate of drug-likeness (QED) is 0.477. The van der Waals surface area contributed by atoms with Gasteiger partial charge in [0, 0.05) is 23.0 Å². The van der Waals surface area contributed by atoms with E-state index in [0.29, 0.717) is 11.7 Å². The lowest BCUT2D eigenvalue weighted by Gasteiger charge is -2.29. The van der Waals surface area contributed by atoms with Crippen LogP contribution in [0.1, 0.15) is 91.5 Å². The van der Waals surface area contributed by atoms with Crippen molar-refractivity contribution < 1.29 is 5.11 Å². The van der Waals surface area contributed by atoms with Gasteiger partial charge in [-0.25, -0.2) is 0 Å². The molecule has 0 heterocycles. The molecule has 1 saturated carbocycles. The summed E-state index contributed by atoms with van der Waals surface area (Å²) in [5, 5.41) is 11.5. The lowest BCUT2D eigenvalue weighted by molar-refractivity contribution is 0.407. The topological polar surface area (TPSA) is 20.2 Å². The number of phenolic OH excluding ortho intramolecular Hbond substituents is 1. The Morgan fingerprint density at radius 3 is 1.69 bits per heavy atom. The van der Waals surface area contributed by atoms with Crippen molar-refractivity contribution in [2.45, 2.75) is 63.7 Å². The van der Waals surface area contributed by atoms with Gasteiger partial charge in [-0.05, 0) is 35.4 Å². The molecule has 29 heavy (non-hydrogen) atoms. The SMILES string of the molecule is CC(c1ccccc1)c1ccc(C(C)c2ccccc2)c(C2CCCCC2)c1O. The van der Waals surface area contributed by atoms with Gasteiger partial charge in [0.05, 0.1) is 0 Å². The van der Waals surface area contributed by atoms with Crippen LogP contribution in [-0.4, -0.2) is 5.11 Å². The van der Waals surface area contributed by atoms with Gasteiger partial charge in [0.15, 0.2) is 0 Å². The van der Waals surface area contributed by atoms with Gasteiger partial charge in [-0.1, -0.05) is 106 Å². The van der Waals surface area contributed by atoms with Gasteiger partial charge in [0.25, 0.3) is 0 Å². The van der Waals surface area contributed by atoms with E-state index in [0.717, 1.165) is 5.56 Å². The van der Waals surface area contributed by atoms with Crippen LogP contribution < -0.4 is 0 Å². The normalized spacial score (nSPS) is 17.0. The minimum absolute atomic E-state index is 0.180. The highest BCUT2D eigenvalue weighted by atomic mass is 16.3. The van der Waals surface area contributed by atoms with Crippen LogP contribution in [0.4, 0.5) is 0 Å². The molecule has 4 rings (SSSR count). The van der Waals surface area contributed by atoms with Crippen LogP contribution >= 0.6 is 0 Å². The van der Waals surface area contributed by atoms with E-state index in [1.807, 2.05) is 6.07 Å². The number of benzene rings is 3. The summed E-state index contributed by atoms with van der Waals surface area (Å²) in [6, 6.07) is 25.7. The predicted molar refractivity (Wildman–Crippen MR) is 122 cm³/mol. The van der Waals surface area contributed by atoms with Crippen LogP contribution in [0.5, 0.6) is 5.75 Å². The van der Waals surface area contributed by atoms with Gasteiger partial charge >= 0.3 is 0 Å². The molecule has 3 aromatic rings. The van der Waals surface area contributed by atoms with Crippen LogP contribution in [0.2, 0.25) is 0 Å². The summed E-state index contributed by atoms with van der Waals surface area (Å²) in [6.07, 6.45) is 6.22. The van der Waals surface area contributed by atoms with Gasteiger partial charge in [0.1, 0.15) is 5.75 Å². The fourth-order valence-corrected chi connectivity index (χ4v) is 5.03. The van der Waals surface area contributed by atoms with Crippen LogP contribution in [-0.2, 0) is 0 Å². The highest BCUT2D eigenvalue weighted by Crippen LogP contribution is 2.46. The zero-order valence-corrected chi connectivity index (χ0v) is 17.6. The predicted octanol–water partition coefficient (Wildman–Crippen LogP) is 7.74. The van der Waals surface area contributed by atoms with Crippen molar-refractivity contribution in [2.75, 3.05) is 0 Å². The Bertz CT molecular complexity index is 923. The smallest absolute Gasteiger partial charge is 0.123 e. The first-order valence-electron chi connectivity index (χ1n) is 11.1. The fourth-order valence-electron chi connectivity index (χ4n) is 5.03. The molecule has 2 atom stereocenters. The molecule has 0 bridgehead atoms. The first-order chi connectivity index (χ1) is 14.2. The largest absolute Gasteiger partial charge is 0.507 e. The molecule has 1 heteroatoms. The fraction of sp³-hybridized carbons (Fsp3) is 0.357. The minimum atomic E-state index is 0.180. The van der Waals surface area contributed by atoms with E-state index in [1.54, 1.807) is 0 Å². The summed E-state index contributed by atoms with van der Waals surface area (Å²) in [5.41, 5.74) is 6.13. The molecule has 0 radical (unpaired) electrons. The molecule has 1 N–H and O–H groups in total. The van der Waals surface area contributed by atoms with E-state index >= 15 is 0 Å². The molecule has 2 unspecified atom stereocenters. The lowest BCUT2D eigenvalue weighted by atomic mass is 9.76. The van der Waals surface area contributed by atoms with E-state index in [9.17, 15) is 5.11 Å². The van der Waals surface area contributed by atoms with Crippen molar-refractivity contribution in [3.05, 3.63) is 101 Å². The van der Waals surface area contributed by atoms with Crippen molar-refractivity contribution in [3.8, 4) is 5.75 Å². The molecule has 1 nitrogen and oxygen atoms in total. The van der Waals surface area contributed by atoms with E-state index in [4.69, 9.17) is 0 Å². The molecule has 0 aliphatic heterocycles. The van der Waals surface area contributed by atoms with Gasteiger partial charge in [-0.2, -0.15) is 0 Å². The van der Waals surface area contributed by atoms with Crippen molar-refractivity contribution in [3.63, 3.8) is 0 Å². The summed E-state index contributed by atoms with van der Waals surface area (Å²) in [7, 11) is 0. The van der Waals surface area contributed by atoms with Crippen LogP contribution in [0.3, 0.4) is 0 Å². The molecule has 1 aliphatic carbocycles. The van der Waals surface area contributed by atoms with E-state index < -0.39 is 0 Å². The molecule has 1 aliphatic rings. The zero-order chi connectivity index (χ0) is 20.2. The van der Waals surface area contributed by atoms with Crippen molar-refractivity contribution >= 4 is 0 Å². The molecule has 3 aromatic carbocycles. The first kappa shape index (κ1) is 19.8. The van der Waals surface area contributed by atoms with Gasteiger partial charge in [-0.3, -0.25) is 0 Å². The molecule has 0 spiro atoms. The van der Waals surface area contributed by atoms with Crippen LogP contribution in [0.25, 0.3) is 0 Å². The molecule has 0 aromatic heterocycles. The number of aromatic hydroxyl groups is 1. The van der Waals surface area contributed by atoms with Crippen LogP contribution in [0, 0.1) is 0 Å². The molecule has 1 fully saturated rings. The number of rotatable bonds is 5. The van der Waals surface area contributed by atoms with Crippen molar-refractivity contribution in [2.24, 2.45) is 0 Å². The second kappa shape index (κ2) is 8.86. The Balaban J connectivity index is 1.80. The standard InChI is InChI=1S/C28H32O/c1-20(22-12-6-3-7-13-22)25-18-19-26(21(2)23-14-8-4-9-15-23)28(29)27(25)24-16-10-5-11-17-24/h3-4,6-9,12-15,18-21,24,29H,5,10-11,16-17H2,1-2H3. The lowest BCUT2D eigenvalue weighted by Crippen LogP contribution is -2.12. The average Bonchev–Trinajstić information content (AvgIpc) is 2.79. The van der Waals surface area contributed by atoms with E-state index in [2.05, 4.69) is 80.6 Å². The van der Waals surface area contributed by atoms with Gasteiger partial charge < -0.3 is 5.11 Å². The number of hydrogen-bond donors (Lipinski definition) is 1. The van der Waals surface area contributed by atoms with E-state index in [1.165, 1.54) is 54.4 Å². The van der Waals surface area contributed by atoms with Gasteiger partial charge in [-0.15, -0.1) is 0 Å². The molecule has 0 amide bonds. The van der Waals surface area contributed by atoms with Crippen LogP contribution in [0.15, 0.2) is 72.8 Å². The maximum absolute atomic E-state index is 11.5. The third-order valence-electron chi connectivity index (χ3n) is 6.83. The third kappa shape index (κ3) is 4.10. The summed E-state index contributed by atoms with van der Waals surface area (Å²) in [4.78, 5) is 0. The minimum Gasteiger partial charge on any atom is -0.507 e. The second-order valence-corrected chi connectivity index (χ2v) is 8.61. The monoisotopic (exact) mass is 384 g/mol. The average molecular weight is 385 g/mol. The van der Waals surface area contributed by atoms with Crippen molar-refractivity contribution in [1.82, 2.24) is 0 Å². The molecule has 0 saturated heterocycles. The summed E-state index contributed by atoms with van der Waals surface area (Å²) in [5.74, 6) is 1.46. The maximum atomic E-state index is 11.5. The first-order valence-corrected chi connectivity index (χ1v) is 11.1. The number of phenols is 1. The molecular formula is C28H32O. The second-order valence-electron chi connectivity index (χ2n) is 8.61. The Morgan fingerprint density at radius 1 is 0.655 bits per heavy atom. The summed E-state index contributed by atoms with van der Waals surface area (Å²) < 4.78 is 0. The third-order valence-corrected chi connectivity index (χ3v) is 6.83. The number of hydrogen-bond acceptors (Lipinski definition) is 1.